The molecule has 0 radical (unpaired) electrons. The second-order valence-electron chi connectivity index (χ2n) is 5.70. The highest BCUT2D eigenvalue weighted by molar-refractivity contribution is 6.69. The van der Waals surface area contributed by atoms with Gasteiger partial charge in [0.05, 0.1) is 10.2 Å². The summed E-state index contributed by atoms with van der Waals surface area (Å²) in [4.78, 5) is 11.6. The monoisotopic (exact) mass is 352 g/mol. The molecule has 21 heavy (non-hydrogen) atoms. The highest BCUT2D eigenvalue weighted by Gasteiger charge is 2.18. The second kappa shape index (κ2) is 13.7. The summed E-state index contributed by atoms with van der Waals surface area (Å²) < 4.78 is 5.08. The fourth-order valence-corrected chi connectivity index (χ4v) is 4.54. The SMILES string of the molecule is C=C(C)C(=O)OC(CCCCCCCCCC)[SiH2]C(Cl)Cl. The Balaban J connectivity index is 3.81. The first-order valence-electron chi connectivity index (χ1n) is 8.12. The number of hydrogen-bond donors (Lipinski definition) is 0. The first-order chi connectivity index (χ1) is 9.97. The average molecular weight is 353 g/mol. The number of ether oxygens (including phenoxy) is 1. The molecule has 2 nitrogen and oxygen atoms in total. The van der Waals surface area contributed by atoms with Crippen molar-refractivity contribution >= 4 is 38.7 Å². The molecule has 0 heterocycles. The lowest BCUT2D eigenvalue weighted by Gasteiger charge is -2.18. The van der Waals surface area contributed by atoms with Crippen LogP contribution in [-0.2, 0) is 9.53 Å². The third-order valence-electron chi connectivity index (χ3n) is 3.44. The molecule has 1 atom stereocenters. The Morgan fingerprint density at radius 1 is 1.10 bits per heavy atom. The minimum atomic E-state index is -0.819. The van der Waals surface area contributed by atoms with Gasteiger partial charge < -0.3 is 4.74 Å². The fourth-order valence-electron chi connectivity index (χ4n) is 2.18. The fraction of sp³-hybridized carbons (Fsp3) is 0.812. The van der Waals surface area contributed by atoms with E-state index in [-0.39, 0.29) is 16.2 Å². The molecule has 0 aliphatic rings. The molecule has 0 aromatic carbocycles. The Morgan fingerprint density at radius 3 is 2.10 bits per heavy atom. The molecule has 0 amide bonds. The van der Waals surface area contributed by atoms with Gasteiger partial charge in [-0.05, 0) is 13.3 Å². The minimum absolute atomic E-state index is 0.0608. The number of alkyl halides is 2. The molecular formula is C16H30Cl2O2Si. The summed E-state index contributed by atoms with van der Waals surface area (Å²) in [6, 6.07) is 0. The smallest absolute Gasteiger partial charge is 0.333 e. The maximum atomic E-state index is 11.6. The van der Waals surface area contributed by atoms with Crippen molar-refractivity contribution in [2.45, 2.75) is 81.8 Å². The van der Waals surface area contributed by atoms with Crippen molar-refractivity contribution in [3.05, 3.63) is 12.2 Å². The van der Waals surface area contributed by atoms with Crippen LogP contribution in [0.1, 0.15) is 71.6 Å². The van der Waals surface area contributed by atoms with Crippen LogP contribution >= 0.6 is 23.2 Å². The van der Waals surface area contributed by atoms with Crippen molar-refractivity contribution in [1.82, 2.24) is 0 Å². The van der Waals surface area contributed by atoms with Crippen LogP contribution < -0.4 is 0 Å². The van der Waals surface area contributed by atoms with Gasteiger partial charge in [0.25, 0.3) is 0 Å². The van der Waals surface area contributed by atoms with E-state index in [9.17, 15) is 4.79 Å². The minimum Gasteiger partial charge on any atom is -0.464 e. The van der Waals surface area contributed by atoms with E-state index in [0.717, 1.165) is 12.8 Å². The zero-order chi connectivity index (χ0) is 16.1. The van der Waals surface area contributed by atoms with Crippen LogP contribution in [0.4, 0.5) is 0 Å². The lowest BCUT2D eigenvalue weighted by Crippen LogP contribution is -2.28. The first kappa shape index (κ1) is 21.0. The molecule has 0 N–H and O–H groups in total. The van der Waals surface area contributed by atoms with Crippen LogP contribution in [0.3, 0.4) is 0 Å². The van der Waals surface area contributed by atoms with Gasteiger partial charge in [0.1, 0.15) is 9.52 Å². The van der Waals surface area contributed by atoms with Gasteiger partial charge in [-0.2, -0.15) is 0 Å². The Hall–Kier alpha value is 0.00688. The molecule has 0 rings (SSSR count). The van der Waals surface area contributed by atoms with Crippen molar-refractivity contribution in [1.29, 1.82) is 0 Å². The quantitative estimate of drug-likeness (QED) is 0.155. The summed E-state index contributed by atoms with van der Waals surface area (Å²) in [7, 11) is -0.819. The Kier molecular flexibility index (Phi) is 13.7. The first-order valence-corrected chi connectivity index (χ1v) is 10.6. The predicted molar refractivity (Wildman–Crippen MR) is 96.0 cm³/mol. The number of carbonyl (C=O) groups is 1. The van der Waals surface area contributed by atoms with Gasteiger partial charge in [-0.3, -0.25) is 0 Å². The van der Waals surface area contributed by atoms with E-state index in [0.29, 0.717) is 5.57 Å². The molecule has 124 valence electrons. The van der Waals surface area contributed by atoms with E-state index < -0.39 is 9.52 Å². The maximum Gasteiger partial charge on any atom is 0.333 e. The van der Waals surface area contributed by atoms with E-state index in [1.165, 1.54) is 44.9 Å². The standard InChI is InChI=1S/C16H30Cl2O2Si/c1-4-5-6-7-8-9-10-11-12-14(21-16(17)18)20-15(19)13(2)3/h14,16H,2,4-12,21H2,1,3H3. The van der Waals surface area contributed by atoms with Gasteiger partial charge in [0, 0.05) is 5.57 Å². The van der Waals surface area contributed by atoms with Gasteiger partial charge in [-0.25, -0.2) is 4.79 Å². The predicted octanol–water partition coefficient (Wildman–Crippen LogP) is 4.89. The van der Waals surface area contributed by atoms with Gasteiger partial charge in [-0.1, -0.05) is 64.9 Å². The van der Waals surface area contributed by atoms with E-state index >= 15 is 0 Å². The van der Waals surface area contributed by atoms with Gasteiger partial charge >= 0.3 is 5.97 Å². The highest BCUT2D eigenvalue weighted by Crippen LogP contribution is 2.14. The molecule has 5 heteroatoms. The molecule has 0 aliphatic heterocycles. The van der Waals surface area contributed by atoms with Crippen molar-refractivity contribution < 1.29 is 9.53 Å². The summed E-state index contributed by atoms with van der Waals surface area (Å²) in [6.07, 6.45) is 11.0. The molecule has 0 aromatic rings. The van der Waals surface area contributed by atoms with Crippen LogP contribution in [-0.4, -0.2) is 25.7 Å². The maximum absolute atomic E-state index is 11.6. The second-order valence-corrected chi connectivity index (χ2v) is 10.2. The van der Waals surface area contributed by atoms with Crippen LogP contribution in [0, 0.1) is 0 Å². The Morgan fingerprint density at radius 2 is 1.62 bits per heavy atom. The normalized spacial score (nSPS) is 13.0. The zero-order valence-electron chi connectivity index (χ0n) is 13.5. The summed E-state index contributed by atoms with van der Waals surface area (Å²) in [5.74, 6) is -0.318. The van der Waals surface area contributed by atoms with E-state index in [1.807, 2.05) is 0 Å². The molecule has 0 saturated heterocycles. The largest absolute Gasteiger partial charge is 0.464 e. The molecule has 1 unspecified atom stereocenters. The third kappa shape index (κ3) is 13.4. The van der Waals surface area contributed by atoms with Crippen LogP contribution in [0.15, 0.2) is 12.2 Å². The Labute approximate surface area is 142 Å². The number of halogens is 2. The number of unbranched alkanes of at least 4 members (excludes halogenated alkanes) is 7. The zero-order valence-corrected chi connectivity index (χ0v) is 16.4. The lowest BCUT2D eigenvalue weighted by atomic mass is 10.1. The van der Waals surface area contributed by atoms with E-state index in [1.54, 1.807) is 6.92 Å². The van der Waals surface area contributed by atoms with Gasteiger partial charge in [-0.15, -0.1) is 23.2 Å². The molecule has 0 aliphatic carbocycles. The summed E-state index contributed by atoms with van der Waals surface area (Å²) in [5.41, 5.74) is 0.375. The molecule has 0 bridgehead atoms. The molecular weight excluding hydrogens is 323 g/mol. The lowest BCUT2D eigenvalue weighted by molar-refractivity contribution is -0.141. The summed E-state index contributed by atoms with van der Waals surface area (Å²) in [6.45, 7) is 7.50. The van der Waals surface area contributed by atoms with Crippen molar-refractivity contribution in [2.24, 2.45) is 0 Å². The topological polar surface area (TPSA) is 26.3 Å². The number of rotatable bonds is 13. The number of hydrogen-bond acceptors (Lipinski definition) is 2. The summed E-state index contributed by atoms with van der Waals surface area (Å²) >= 11 is 11.7. The summed E-state index contributed by atoms with van der Waals surface area (Å²) in [5, 5.41) is 0. The Bertz CT molecular complexity index is 296. The third-order valence-corrected chi connectivity index (χ3v) is 5.97. The van der Waals surface area contributed by atoms with Crippen LogP contribution in [0.5, 0.6) is 0 Å². The number of esters is 1. The average Bonchev–Trinajstić information content (AvgIpc) is 2.40. The number of carbonyl (C=O) groups excluding carboxylic acids is 1. The van der Waals surface area contributed by atoms with Crippen LogP contribution in [0.25, 0.3) is 0 Å². The van der Waals surface area contributed by atoms with Gasteiger partial charge in [0.2, 0.25) is 0 Å². The highest BCUT2D eigenvalue weighted by atomic mass is 35.5. The van der Waals surface area contributed by atoms with Crippen LogP contribution in [0.2, 0.25) is 0 Å². The van der Waals surface area contributed by atoms with Crippen molar-refractivity contribution in [2.75, 3.05) is 0 Å². The molecule has 0 saturated carbocycles. The van der Waals surface area contributed by atoms with Gasteiger partial charge in [0.15, 0.2) is 0 Å². The molecule has 0 spiro atoms. The van der Waals surface area contributed by atoms with Crippen molar-refractivity contribution in [3.63, 3.8) is 0 Å². The molecule has 0 aromatic heterocycles. The molecule has 0 fully saturated rings. The van der Waals surface area contributed by atoms with E-state index in [2.05, 4.69) is 13.5 Å². The van der Waals surface area contributed by atoms with Crippen molar-refractivity contribution in [3.8, 4) is 0 Å². The van der Waals surface area contributed by atoms with E-state index in [4.69, 9.17) is 27.9 Å².